The molecule has 1 N–H and O–H groups in total. The van der Waals surface area contributed by atoms with E-state index in [4.69, 9.17) is 0 Å². The van der Waals surface area contributed by atoms with Crippen molar-refractivity contribution < 1.29 is 21.6 Å². The molecule has 2 aliphatic rings. The van der Waals surface area contributed by atoms with Gasteiger partial charge in [-0.1, -0.05) is 0 Å². The summed E-state index contributed by atoms with van der Waals surface area (Å²) in [7, 11) is -3.73. The maximum absolute atomic E-state index is 12.6. The maximum atomic E-state index is 12.6. The lowest BCUT2D eigenvalue weighted by molar-refractivity contribution is -0.137. The molecule has 0 amide bonds. The van der Waals surface area contributed by atoms with E-state index in [0.29, 0.717) is 19.1 Å². The minimum Gasteiger partial charge on any atom is -0.314 e. The molecule has 1 aliphatic carbocycles. The number of piperidine rings is 1. The highest BCUT2D eigenvalue weighted by Crippen LogP contribution is 2.31. The summed E-state index contributed by atoms with van der Waals surface area (Å²) in [6, 6.07) is 4.03. The molecule has 3 rings (SSSR count). The van der Waals surface area contributed by atoms with Crippen LogP contribution < -0.4 is 5.32 Å². The number of rotatable bonds is 5. The van der Waals surface area contributed by atoms with Crippen molar-refractivity contribution in [3.63, 3.8) is 0 Å². The van der Waals surface area contributed by atoms with Crippen LogP contribution in [-0.2, 0) is 16.2 Å². The molecule has 1 aliphatic heterocycles. The van der Waals surface area contributed by atoms with Gasteiger partial charge >= 0.3 is 6.18 Å². The van der Waals surface area contributed by atoms with Crippen LogP contribution in [0.3, 0.4) is 0 Å². The Morgan fingerprint density at radius 1 is 1.04 bits per heavy atom. The topological polar surface area (TPSA) is 49.4 Å². The van der Waals surface area contributed by atoms with Crippen LogP contribution in [0.4, 0.5) is 13.2 Å². The van der Waals surface area contributed by atoms with Gasteiger partial charge in [-0.15, -0.1) is 12.4 Å². The van der Waals surface area contributed by atoms with Gasteiger partial charge in [-0.25, -0.2) is 8.42 Å². The third-order valence-electron chi connectivity index (χ3n) is 4.67. The van der Waals surface area contributed by atoms with Gasteiger partial charge in [-0.05, 0) is 62.4 Å². The number of halogens is 4. The SMILES string of the molecule is Cl.O=S(=O)(c1ccc(C(F)(F)F)cc1)N1CCC(NCC2CC2)CC1. The second kappa shape index (κ2) is 7.82. The Morgan fingerprint density at radius 2 is 1.60 bits per heavy atom. The van der Waals surface area contributed by atoms with Crippen molar-refractivity contribution >= 4 is 22.4 Å². The van der Waals surface area contributed by atoms with E-state index in [0.717, 1.165) is 49.6 Å². The van der Waals surface area contributed by atoms with E-state index in [1.54, 1.807) is 0 Å². The number of sulfonamides is 1. The second-order valence-electron chi connectivity index (χ2n) is 6.55. The first-order valence-electron chi connectivity index (χ1n) is 8.17. The normalized spacial score (nSPS) is 20.3. The number of nitrogens with one attached hydrogen (secondary N) is 1. The van der Waals surface area contributed by atoms with Gasteiger partial charge in [0, 0.05) is 19.1 Å². The van der Waals surface area contributed by atoms with E-state index in [9.17, 15) is 21.6 Å². The summed E-state index contributed by atoms with van der Waals surface area (Å²) < 4.78 is 64.2. The average Bonchev–Trinajstić information content (AvgIpc) is 3.37. The van der Waals surface area contributed by atoms with Gasteiger partial charge in [0.05, 0.1) is 10.5 Å². The van der Waals surface area contributed by atoms with Crippen molar-refractivity contribution in [2.45, 2.75) is 42.8 Å². The molecular weight excluding hydrogens is 377 g/mol. The number of hydrogen-bond acceptors (Lipinski definition) is 3. The lowest BCUT2D eigenvalue weighted by atomic mass is 10.1. The van der Waals surface area contributed by atoms with E-state index in [2.05, 4.69) is 5.32 Å². The molecule has 1 saturated carbocycles. The van der Waals surface area contributed by atoms with Gasteiger partial charge in [0.2, 0.25) is 10.0 Å². The van der Waals surface area contributed by atoms with Gasteiger partial charge in [0.25, 0.3) is 0 Å². The molecule has 1 aromatic carbocycles. The molecule has 0 spiro atoms. The average molecular weight is 399 g/mol. The molecule has 0 aromatic heterocycles. The number of nitrogens with zero attached hydrogens (tertiary/aromatic N) is 1. The van der Waals surface area contributed by atoms with E-state index in [1.165, 1.54) is 17.1 Å². The Hall–Kier alpha value is -0.830. The highest BCUT2D eigenvalue weighted by molar-refractivity contribution is 7.89. The predicted molar refractivity (Wildman–Crippen MR) is 91.2 cm³/mol. The second-order valence-corrected chi connectivity index (χ2v) is 8.49. The molecule has 0 bridgehead atoms. The maximum Gasteiger partial charge on any atom is 0.416 e. The zero-order valence-electron chi connectivity index (χ0n) is 13.6. The van der Waals surface area contributed by atoms with Crippen molar-refractivity contribution in [1.82, 2.24) is 9.62 Å². The summed E-state index contributed by atoms with van der Waals surface area (Å²) in [6.07, 6.45) is -0.463. The standard InChI is InChI=1S/C16H21F3N2O2S.ClH/c17-16(18,19)13-3-5-15(6-4-13)24(22,23)21-9-7-14(8-10-21)20-11-12-1-2-12;/h3-6,12,14,20H,1-2,7-11H2;1H. The number of benzene rings is 1. The zero-order valence-corrected chi connectivity index (χ0v) is 15.3. The molecular formula is C16H22ClF3N2O2S. The Labute approximate surface area is 152 Å². The third kappa shape index (κ3) is 5.09. The van der Waals surface area contributed by atoms with Crippen LogP contribution in [0.1, 0.15) is 31.2 Å². The molecule has 25 heavy (non-hydrogen) atoms. The fourth-order valence-corrected chi connectivity index (χ4v) is 4.39. The van der Waals surface area contributed by atoms with Crippen LogP contribution in [0.5, 0.6) is 0 Å². The Balaban J connectivity index is 0.00000225. The lowest BCUT2D eigenvalue weighted by Gasteiger charge is -2.31. The van der Waals surface area contributed by atoms with Gasteiger partial charge in [0.15, 0.2) is 0 Å². The van der Waals surface area contributed by atoms with Crippen LogP contribution in [-0.4, -0.2) is 38.4 Å². The van der Waals surface area contributed by atoms with Crippen LogP contribution in [0.2, 0.25) is 0 Å². The largest absolute Gasteiger partial charge is 0.416 e. The van der Waals surface area contributed by atoms with Crippen molar-refractivity contribution in [1.29, 1.82) is 0 Å². The minimum atomic E-state index is -4.46. The van der Waals surface area contributed by atoms with Crippen molar-refractivity contribution in [3.05, 3.63) is 29.8 Å². The van der Waals surface area contributed by atoms with Crippen molar-refractivity contribution in [3.8, 4) is 0 Å². The van der Waals surface area contributed by atoms with E-state index >= 15 is 0 Å². The molecule has 4 nitrogen and oxygen atoms in total. The number of hydrogen-bond donors (Lipinski definition) is 1. The van der Waals surface area contributed by atoms with Crippen LogP contribution in [0.15, 0.2) is 29.2 Å². The fraction of sp³-hybridized carbons (Fsp3) is 0.625. The molecule has 9 heteroatoms. The molecule has 0 atom stereocenters. The lowest BCUT2D eigenvalue weighted by Crippen LogP contribution is -2.45. The highest BCUT2D eigenvalue weighted by Gasteiger charge is 2.33. The fourth-order valence-electron chi connectivity index (χ4n) is 2.92. The Bertz CT molecular complexity index is 668. The van der Waals surface area contributed by atoms with Crippen LogP contribution in [0.25, 0.3) is 0 Å². The van der Waals surface area contributed by atoms with E-state index < -0.39 is 21.8 Å². The van der Waals surface area contributed by atoms with Gasteiger partial charge < -0.3 is 5.32 Å². The molecule has 1 aromatic rings. The molecule has 1 heterocycles. The quantitative estimate of drug-likeness (QED) is 0.828. The molecule has 1 saturated heterocycles. The number of alkyl halides is 3. The third-order valence-corrected chi connectivity index (χ3v) is 6.58. The molecule has 0 unspecified atom stereocenters. The molecule has 0 radical (unpaired) electrons. The predicted octanol–water partition coefficient (Wildman–Crippen LogP) is 3.28. The monoisotopic (exact) mass is 398 g/mol. The first-order chi connectivity index (χ1) is 11.3. The zero-order chi connectivity index (χ0) is 17.4. The summed E-state index contributed by atoms with van der Waals surface area (Å²) in [5.74, 6) is 0.777. The molecule has 142 valence electrons. The van der Waals surface area contributed by atoms with E-state index in [-0.39, 0.29) is 17.3 Å². The van der Waals surface area contributed by atoms with Crippen LogP contribution in [0, 0.1) is 5.92 Å². The Kier molecular flexibility index (Phi) is 6.40. The van der Waals surface area contributed by atoms with Crippen LogP contribution >= 0.6 is 12.4 Å². The molecule has 2 fully saturated rings. The highest BCUT2D eigenvalue weighted by atomic mass is 35.5. The van der Waals surface area contributed by atoms with Crippen molar-refractivity contribution in [2.75, 3.05) is 19.6 Å². The Morgan fingerprint density at radius 3 is 2.08 bits per heavy atom. The summed E-state index contributed by atoms with van der Waals surface area (Å²) in [5, 5.41) is 3.47. The van der Waals surface area contributed by atoms with Gasteiger partial charge in [-0.2, -0.15) is 17.5 Å². The first-order valence-corrected chi connectivity index (χ1v) is 9.61. The minimum absolute atomic E-state index is 0. The summed E-state index contributed by atoms with van der Waals surface area (Å²) in [6.45, 7) is 1.79. The first kappa shape index (κ1) is 20.5. The summed E-state index contributed by atoms with van der Waals surface area (Å²) in [5.41, 5.74) is -0.843. The summed E-state index contributed by atoms with van der Waals surface area (Å²) >= 11 is 0. The van der Waals surface area contributed by atoms with Gasteiger partial charge in [0.1, 0.15) is 0 Å². The smallest absolute Gasteiger partial charge is 0.314 e. The van der Waals surface area contributed by atoms with E-state index in [1.807, 2.05) is 0 Å². The van der Waals surface area contributed by atoms with Crippen molar-refractivity contribution in [2.24, 2.45) is 5.92 Å². The van der Waals surface area contributed by atoms with Gasteiger partial charge in [-0.3, -0.25) is 0 Å². The summed E-state index contributed by atoms with van der Waals surface area (Å²) in [4.78, 5) is -0.0834.